The number of rotatable bonds is 4. The molecule has 0 amide bonds. The standard InChI is InChI=1S/C40H24N2S2/c1-2-10-31-27(9-1)24-34(33-12-4-3-11-32(31)33)29-21-28(22-30(23-29)40-42-36-14-6-8-16-38(36)44-40)25-17-19-26(20-18-25)39-41-35-13-5-7-15-37(35)43-39/h1-24H. The lowest BCUT2D eigenvalue weighted by Gasteiger charge is -2.14. The molecule has 0 aliphatic carbocycles. The van der Waals surface area contributed by atoms with Crippen LogP contribution >= 0.6 is 22.7 Å². The average molecular weight is 597 g/mol. The van der Waals surface area contributed by atoms with Crippen LogP contribution in [0.4, 0.5) is 0 Å². The summed E-state index contributed by atoms with van der Waals surface area (Å²) in [5, 5.41) is 7.13. The molecule has 2 aromatic heterocycles. The summed E-state index contributed by atoms with van der Waals surface area (Å²) in [6, 6.07) is 52.3. The molecule has 44 heavy (non-hydrogen) atoms. The smallest absolute Gasteiger partial charge is 0.124 e. The van der Waals surface area contributed by atoms with Crippen LogP contribution in [0.1, 0.15) is 0 Å². The van der Waals surface area contributed by atoms with Crippen molar-refractivity contribution in [3.63, 3.8) is 0 Å². The summed E-state index contributed by atoms with van der Waals surface area (Å²) in [5.41, 5.74) is 9.12. The fraction of sp³-hybridized carbons (Fsp3) is 0. The van der Waals surface area contributed by atoms with E-state index < -0.39 is 0 Å². The van der Waals surface area contributed by atoms with Gasteiger partial charge in [-0.25, -0.2) is 9.97 Å². The van der Waals surface area contributed by atoms with Gasteiger partial charge in [0.2, 0.25) is 0 Å². The summed E-state index contributed by atoms with van der Waals surface area (Å²) in [5.74, 6) is 0. The van der Waals surface area contributed by atoms with E-state index in [1.807, 2.05) is 6.07 Å². The van der Waals surface area contributed by atoms with Crippen molar-refractivity contribution in [2.45, 2.75) is 0 Å². The highest BCUT2D eigenvalue weighted by atomic mass is 32.1. The molecule has 9 rings (SSSR count). The summed E-state index contributed by atoms with van der Waals surface area (Å²) in [6.45, 7) is 0. The molecule has 0 atom stereocenters. The predicted octanol–water partition coefficient (Wildman–Crippen LogP) is 11.9. The summed E-state index contributed by atoms with van der Waals surface area (Å²) in [7, 11) is 0. The number of thiazole rings is 2. The third kappa shape index (κ3) is 4.31. The van der Waals surface area contributed by atoms with Crippen LogP contribution in [0.25, 0.3) is 85.4 Å². The van der Waals surface area contributed by atoms with E-state index >= 15 is 0 Å². The van der Waals surface area contributed by atoms with Crippen LogP contribution in [0.15, 0.2) is 146 Å². The van der Waals surface area contributed by atoms with Gasteiger partial charge in [-0.15, -0.1) is 22.7 Å². The van der Waals surface area contributed by atoms with Gasteiger partial charge < -0.3 is 0 Å². The van der Waals surface area contributed by atoms with Gasteiger partial charge >= 0.3 is 0 Å². The second kappa shape index (κ2) is 10.2. The lowest BCUT2D eigenvalue weighted by atomic mass is 9.90. The van der Waals surface area contributed by atoms with Gasteiger partial charge in [0.1, 0.15) is 10.0 Å². The first-order valence-corrected chi connectivity index (χ1v) is 16.3. The van der Waals surface area contributed by atoms with Crippen molar-refractivity contribution in [3.8, 4) is 43.4 Å². The molecule has 4 heteroatoms. The quantitative estimate of drug-likeness (QED) is 0.189. The maximum Gasteiger partial charge on any atom is 0.124 e. The zero-order valence-corrected chi connectivity index (χ0v) is 25.2. The molecule has 0 N–H and O–H groups in total. The second-order valence-corrected chi connectivity index (χ2v) is 13.1. The zero-order chi connectivity index (χ0) is 29.0. The van der Waals surface area contributed by atoms with Crippen molar-refractivity contribution in [2.75, 3.05) is 0 Å². The highest BCUT2D eigenvalue weighted by Gasteiger charge is 2.15. The van der Waals surface area contributed by atoms with E-state index in [2.05, 4.69) is 140 Å². The van der Waals surface area contributed by atoms with Gasteiger partial charge in [-0.1, -0.05) is 97.1 Å². The first-order valence-electron chi connectivity index (χ1n) is 14.7. The van der Waals surface area contributed by atoms with Gasteiger partial charge in [0.05, 0.1) is 20.4 Å². The Kier molecular flexibility index (Phi) is 5.90. The third-order valence-electron chi connectivity index (χ3n) is 8.31. The van der Waals surface area contributed by atoms with Crippen molar-refractivity contribution in [3.05, 3.63) is 146 Å². The summed E-state index contributed by atoms with van der Waals surface area (Å²) in [6.07, 6.45) is 0. The Morgan fingerprint density at radius 2 is 0.886 bits per heavy atom. The monoisotopic (exact) mass is 596 g/mol. The van der Waals surface area contributed by atoms with Crippen molar-refractivity contribution in [1.82, 2.24) is 9.97 Å². The number of para-hydroxylation sites is 2. The second-order valence-electron chi connectivity index (χ2n) is 11.0. The Labute approximate surface area is 262 Å². The minimum absolute atomic E-state index is 1.03. The molecule has 0 aliphatic heterocycles. The Balaban J connectivity index is 1.23. The Morgan fingerprint density at radius 3 is 1.59 bits per heavy atom. The summed E-state index contributed by atoms with van der Waals surface area (Å²) < 4.78 is 2.41. The molecule has 0 fully saturated rings. The van der Waals surface area contributed by atoms with Crippen LogP contribution < -0.4 is 0 Å². The van der Waals surface area contributed by atoms with Crippen molar-refractivity contribution < 1.29 is 0 Å². The van der Waals surface area contributed by atoms with E-state index in [0.29, 0.717) is 0 Å². The molecule has 0 saturated carbocycles. The fourth-order valence-electron chi connectivity index (χ4n) is 6.16. The molecule has 206 valence electrons. The largest absolute Gasteiger partial charge is 0.236 e. The molecule has 7 aromatic carbocycles. The predicted molar refractivity (Wildman–Crippen MR) is 190 cm³/mol. The van der Waals surface area contributed by atoms with Gasteiger partial charge in [-0.3, -0.25) is 0 Å². The highest BCUT2D eigenvalue weighted by molar-refractivity contribution is 7.22. The highest BCUT2D eigenvalue weighted by Crippen LogP contribution is 2.41. The van der Waals surface area contributed by atoms with Crippen LogP contribution in [0.5, 0.6) is 0 Å². The molecule has 0 radical (unpaired) electrons. The third-order valence-corrected chi connectivity index (χ3v) is 10.5. The Morgan fingerprint density at radius 1 is 0.364 bits per heavy atom. The number of nitrogens with zero attached hydrogens (tertiary/aromatic N) is 2. The molecule has 0 bridgehead atoms. The SMILES string of the molecule is c1ccc2c(c1)cc(-c1cc(-c3ccc(-c4nc5ccccc5s4)cc3)cc(-c3nc4ccccc4s3)c1)c1ccccc12. The number of fused-ring (bicyclic) bond motifs is 5. The molecule has 2 nitrogen and oxygen atoms in total. The number of benzene rings is 7. The number of aromatic nitrogens is 2. The van der Waals surface area contributed by atoms with Crippen molar-refractivity contribution in [1.29, 1.82) is 0 Å². The van der Waals surface area contributed by atoms with E-state index in [-0.39, 0.29) is 0 Å². The number of hydrogen-bond acceptors (Lipinski definition) is 4. The molecule has 9 aromatic rings. The maximum atomic E-state index is 5.05. The summed E-state index contributed by atoms with van der Waals surface area (Å²) in [4.78, 5) is 9.93. The van der Waals surface area contributed by atoms with Crippen molar-refractivity contribution >= 4 is 64.7 Å². The average Bonchev–Trinajstić information content (AvgIpc) is 3.73. The Hall–Kier alpha value is -5.16. The summed E-state index contributed by atoms with van der Waals surface area (Å²) >= 11 is 3.49. The molecule has 0 spiro atoms. The first kappa shape index (κ1) is 25.3. The zero-order valence-electron chi connectivity index (χ0n) is 23.6. The van der Waals surface area contributed by atoms with E-state index in [0.717, 1.165) is 32.2 Å². The fourth-order valence-corrected chi connectivity index (χ4v) is 8.09. The number of hydrogen-bond donors (Lipinski definition) is 0. The molecule has 0 unspecified atom stereocenters. The maximum absolute atomic E-state index is 5.05. The van der Waals surface area contributed by atoms with E-state index in [1.54, 1.807) is 22.7 Å². The van der Waals surface area contributed by atoms with Gasteiger partial charge in [0, 0.05) is 11.1 Å². The minimum Gasteiger partial charge on any atom is -0.236 e. The molecular weight excluding hydrogens is 573 g/mol. The minimum atomic E-state index is 1.03. The molecule has 2 heterocycles. The van der Waals surface area contributed by atoms with Crippen LogP contribution in [-0.4, -0.2) is 9.97 Å². The Bertz CT molecular complexity index is 2440. The van der Waals surface area contributed by atoms with Crippen LogP contribution in [0, 0.1) is 0 Å². The van der Waals surface area contributed by atoms with Gasteiger partial charge in [0.15, 0.2) is 0 Å². The normalized spacial score (nSPS) is 11.6. The first-order chi connectivity index (χ1) is 21.8. The lowest BCUT2D eigenvalue weighted by Crippen LogP contribution is -1.88. The van der Waals surface area contributed by atoms with Crippen LogP contribution in [0.3, 0.4) is 0 Å². The van der Waals surface area contributed by atoms with Gasteiger partial charge in [-0.05, 0) is 92.3 Å². The lowest BCUT2D eigenvalue weighted by molar-refractivity contribution is 1.47. The van der Waals surface area contributed by atoms with E-state index in [4.69, 9.17) is 9.97 Å². The molecule has 0 aliphatic rings. The van der Waals surface area contributed by atoms with Crippen LogP contribution in [0.2, 0.25) is 0 Å². The van der Waals surface area contributed by atoms with E-state index in [1.165, 1.54) is 53.2 Å². The van der Waals surface area contributed by atoms with Crippen molar-refractivity contribution in [2.24, 2.45) is 0 Å². The van der Waals surface area contributed by atoms with Crippen LogP contribution in [-0.2, 0) is 0 Å². The van der Waals surface area contributed by atoms with Gasteiger partial charge in [0.25, 0.3) is 0 Å². The van der Waals surface area contributed by atoms with Gasteiger partial charge in [-0.2, -0.15) is 0 Å². The molecular formula is C40H24N2S2. The van der Waals surface area contributed by atoms with E-state index in [9.17, 15) is 0 Å². The topological polar surface area (TPSA) is 25.8 Å². The molecule has 0 saturated heterocycles.